The van der Waals surface area contributed by atoms with Crippen molar-refractivity contribution in [2.45, 2.75) is 46.1 Å². The number of ether oxygens (including phenoxy) is 2. The molecule has 4 rings (SSSR count). The number of esters is 1. The van der Waals surface area contributed by atoms with Crippen LogP contribution >= 0.6 is 0 Å². The highest BCUT2D eigenvalue weighted by molar-refractivity contribution is 5.95. The van der Waals surface area contributed by atoms with Crippen LogP contribution in [-0.4, -0.2) is 48.0 Å². The second-order valence-corrected chi connectivity index (χ2v) is 8.31. The van der Waals surface area contributed by atoms with E-state index >= 15 is 0 Å². The third-order valence-electron chi connectivity index (χ3n) is 6.24. The van der Waals surface area contributed by atoms with Crippen LogP contribution in [0.25, 0.3) is 0 Å². The van der Waals surface area contributed by atoms with Gasteiger partial charge in [-0.1, -0.05) is 17.7 Å². The second kappa shape index (κ2) is 8.60. The summed E-state index contributed by atoms with van der Waals surface area (Å²) in [5.41, 5.74) is 4.15. The van der Waals surface area contributed by atoms with Gasteiger partial charge in [0.05, 0.1) is 17.9 Å². The molecule has 3 heterocycles. The van der Waals surface area contributed by atoms with Crippen molar-refractivity contribution in [3.05, 3.63) is 52.3 Å². The van der Waals surface area contributed by atoms with Crippen LogP contribution in [0.5, 0.6) is 0 Å². The molecule has 0 unspecified atom stereocenters. The van der Waals surface area contributed by atoms with E-state index in [9.17, 15) is 9.59 Å². The van der Waals surface area contributed by atoms with Gasteiger partial charge in [0, 0.05) is 38.3 Å². The fraction of sp³-hybridized carbons (Fsp3) is 0.522. The molecule has 7 nitrogen and oxygen atoms in total. The van der Waals surface area contributed by atoms with Crippen molar-refractivity contribution in [2.75, 3.05) is 26.4 Å². The van der Waals surface area contributed by atoms with Crippen molar-refractivity contribution >= 4 is 11.9 Å². The highest BCUT2D eigenvalue weighted by atomic mass is 16.5. The average Bonchev–Trinajstić information content (AvgIpc) is 3.03. The molecule has 30 heavy (non-hydrogen) atoms. The first kappa shape index (κ1) is 20.6. The quantitative estimate of drug-likeness (QED) is 0.765. The maximum absolute atomic E-state index is 12.8. The van der Waals surface area contributed by atoms with Crippen molar-refractivity contribution in [1.82, 2.24) is 15.1 Å². The minimum absolute atomic E-state index is 0.00803. The van der Waals surface area contributed by atoms with E-state index in [0.29, 0.717) is 30.8 Å². The van der Waals surface area contributed by atoms with E-state index in [1.165, 1.54) is 0 Å². The number of hydrogen-bond donors (Lipinski definition) is 1. The molecule has 1 aromatic heterocycles. The molecule has 1 amide bonds. The van der Waals surface area contributed by atoms with Crippen molar-refractivity contribution in [1.29, 1.82) is 0 Å². The number of rotatable bonds is 5. The zero-order valence-corrected chi connectivity index (χ0v) is 17.7. The van der Waals surface area contributed by atoms with Crippen molar-refractivity contribution in [3.63, 3.8) is 0 Å². The first-order valence-electron chi connectivity index (χ1n) is 10.7. The Balaban J connectivity index is 1.52. The van der Waals surface area contributed by atoms with Gasteiger partial charge in [-0.25, -0.2) is 4.79 Å². The van der Waals surface area contributed by atoms with Gasteiger partial charge in [-0.05, 0) is 50.7 Å². The molecule has 160 valence electrons. The molecular formula is C23H29N3O4. The first-order chi connectivity index (χ1) is 14.5. The lowest BCUT2D eigenvalue weighted by Gasteiger charge is -2.36. The Labute approximate surface area is 176 Å². The van der Waals surface area contributed by atoms with Gasteiger partial charge in [0.2, 0.25) is 0 Å². The normalized spacial score (nSPS) is 17.9. The summed E-state index contributed by atoms with van der Waals surface area (Å²) in [7, 11) is 0. The Kier molecular flexibility index (Phi) is 5.90. The fourth-order valence-corrected chi connectivity index (χ4v) is 4.38. The van der Waals surface area contributed by atoms with Crippen LogP contribution in [0.15, 0.2) is 24.3 Å². The molecule has 1 aromatic carbocycles. The SMILES string of the molecule is CCn1nc(CCOC(=O)c2ccc(C)cc2)c2c1C(=O)NCC1(CCOCC1)C2. The second-order valence-electron chi connectivity index (χ2n) is 8.31. The van der Waals surface area contributed by atoms with Crippen LogP contribution in [0.4, 0.5) is 0 Å². The number of hydrogen-bond acceptors (Lipinski definition) is 5. The fourth-order valence-electron chi connectivity index (χ4n) is 4.38. The van der Waals surface area contributed by atoms with Gasteiger partial charge in [0.1, 0.15) is 5.69 Å². The lowest BCUT2D eigenvalue weighted by molar-refractivity contribution is 0.0160. The molecule has 1 saturated heterocycles. The molecule has 0 radical (unpaired) electrons. The molecule has 0 saturated carbocycles. The summed E-state index contributed by atoms with van der Waals surface area (Å²) in [6.07, 6.45) is 3.14. The number of aryl methyl sites for hydroxylation is 2. The van der Waals surface area contributed by atoms with E-state index in [1.807, 2.05) is 26.0 Å². The molecule has 0 bridgehead atoms. The van der Waals surface area contributed by atoms with Crippen molar-refractivity contribution < 1.29 is 19.1 Å². The van der Waals surface area contributed by atoms with Gasteiger partial charge in [-0.3, -0.25) is 9.48 Å². The minimum atomic E-state index is -0.338. The van der Waals surface area contributed by atoms with Crippen molar-refractivity contribution in [3.8, 4) is 0 Å². The molecule has 0 aliphatic carbocycles. The molecule has 0 atom stereocenters. The van der Waals surface area contributed by atoms with E-state index in [-0.39, 0.29) is 23.9 Å². The first-order valence-corrected chi connectivity index (χ1v) is 10.7. The van der Waals surface area contributed by atoms with E-state index in [4.69, 9.17) is 14.6 Å². The Morgan fingerprint density at radius 1 is 1.27 bits per heavy atom. The predicted octanol–water partition coefficient (Wildman–Crippen LogP) is 2.69. The molecule has 7 heteroatoms. The predicted molar refractivity (Wildman–Crippen MR) is 112 cm³/mol. The summed E-state index contributed by atoms with van der Waals surface area (Å²) in [6.45, 7) is 6.92. The Morgan fingerprint density at radius 2 is 2.00 bits per heavy atom. The topological polar surface area (TPSA) is 82.5 Å². The standard InChI is InChI=1S/C23H29N3O4/c1-3-26-20-18(14-23(15-24-21(20)27)9-12-29-13-10-23)19(25-26)8-11-30-22(28)17-6-4-16(2)5-7-17/h4-7H,3,8-15H2,1-2H3,(H,24,27). The van der Waals surface area contributed by atoms with E-state index in [1.54, 1.807) is 16.8 Å². The molecule has 2 aliphatic rings. The summed E-state index contributed by atoms with van der Waals surface area (Å²) < 4.78 is 12.8. The molecule has 2 aliphatic heterocycles. The van der Waals surface area contributed by atoms with E-state index in [2.05, 4.69) is 5.32 Å². The van der Waals surface area contributed by atoms with Crippen molar-refractivity contribution in [2.24, 2.45) is 5.41 Å². The number of aromatic nitrogens is 2. The highest BCUT2D eigenvalue weighted by Crippen LogP contribution is 2.37. The van der Waals surface area contributed by atoms with Crippen LogP contribution in [-0.2, 0) is 28.9 Å². The maximum Gasteiger partial charge on any atom is 0.338 e. The van der Waals surface area contributed by atoms with Gasteiger partial charge in [0.15, 0.2) is 0 Å². The molecular weight excluding hydrogens is 382 g/mol. The number of benzene rings is 1. The summed E-state index contributed by atoms with van der Waals surface area (Å²) in [6, 6.07) is 7.33. The summed E-state index contributed by atoms with van der Waals surface area (Å²) in [5.74, 6) is -0.403. The largest absolute Gasteiger partial charge is 0.462 e. The number of nitrogens with one attached hydrogen (secondary N) is 1. The van der Waals surface area contributed by atoms with Crippen LogP contribution < -0.4 is 5.32 Å². The lowest BCUT2D eigenvalue weighted by atomic mass is 9.75. The Bertz CT molecular complexity index is 927. The van der Waals surface area contributed by atoms with Gasteiger partial charge >= 0.3 is 5.97 Å². The molecule has 2 aromatic rings. The van der Waals surface area contributed by atoms with E-state index < -0.39 is 0 Å². The van der Waals surface area contributed by atoms with Gasteiger partial charge in [-0.2, -0.15) is 5.10 Å². The van der Waals surface area contributed by atoms with Crippen LogP contribution in [0.1, 0.15) is 57.4 Å². The molecule has 1 spiro atoms. The minimum Gasteiger partial charge on any atom is -0.462 e. The van der Waals surface area contributed by atoms with Crippen LogP contribution in [0.2, 0.25) is 0 Å². The molecule has 1 N–H and O–H groups in total. The number of carbonyl (C=O) groups excluding carboxylic acids is 2. The van der Waals surface area contributed by atoms with Gasteiger partial charge < -0.3 is 14.8 Å². The Hall–Kier alpha value is -2.67. The van der Waals surface area contributed by atoms with E-state index in [0.717, 1.165) is 49.3 Å². The number of carbonyl (C=O) groups is 2. The van der Waals surface area contributed by atoms with Gasteiger partial charge in [0.25, 0.3) is 5.91 Å². The lowest BCUT2D eigenvalue weighted by Crippen LogP contribution is -2.40. The zero-order chi connectivity index (χ0) is 21.1. The third-order valence-corrected chi connectivity index (χ3v) is 6.24. The summed E-state index contributed by atoms with van der Waals surface area (Å²) in [5, 5.41) is 7.80. The maximum atomic E-state index is 12.8. The molecule has 1 fully saturated rings. The Morgan fingerprint density at radius 3 is 2.70 bits per heavy atom. The highest BCUT2D eigenvalue weighted by Gasteiger charge is 2.39. The number of nitrogens with zero attached hydrogens (tertiary/aromatic N) is 2. The summed E-state index contributed by atoms with van der Waals surface area (Å²) in [4.78, 5) is 25.2. The number of amides is 1. The third kappa shape index (κ3) is 4.12. The number of fused-ring (bicyclic) bond motifs is 1. The zero-order valence-electron chi connectivity index (χ0n) is 17.7. The van der Waals surface area contributed by atoms with Gasteiger partial charge in [-0.15, -0.1) is 0 Å². The smallest absolute Gasteiger partial charge is 0.338 e. The van der Waals surface area contributed by atoms with Crippen LogP contribution in [0, 0.1) is 12.3 Å². The average molecular weight is 412 g/mol. The monoisotopic (exact) mass is 411 g/mol. The van der Waals surface area contributed by atoms with Crippen LogP contribution in [0.3, 0.4) is 0 Å². The summed E-state index contributed by atoms with van der Waals surface area (Å²) >= 11 is 0.